The Balaban J connectivity index is 1.34. The van der Waals surface area contributed by atoms with Crippen LogP contribution in [0.15, 0.2) is 29.0 Å². The van der Waals surface area contributed by atoms with Gasteiger partial charge < -0.3 is 24.4 Å². The maximum Gasteiger partial charge on any atom is 0.410 e. The lowest BCUT2D eigenvalue weighted by Crippen LogP contribution is -2.55. The number of hydrogen-bond acceptors (Lipinski definition) is 6. The summed E-state index contributed by atoms with van der Waals surface area (Å²) in [4.78, 5) is 60.8. The summed E-state index contributed by atoms with van der Waals surface area (Å²) in [6.07, 6.45) is 2.45. The average molecular weight is 604 g/mol. The van der Waals surface area contributed by atoms with Crippen molar-refractivity contribution in [1.29, 1.82) is 0 Å². The number of aryl methyl sites for hydroxylation is 1. The predicted molar refractivity (Wildman–Crippen MR) is 148 cm³/mol. The third-order valence-corrected chi connectivity index (χ3v) is 7.63. The standard InChI is InChI=1S/C27H35BrN6O5/c1-17-15-18(30-23(35)22-29-16-21(28)31(22)5)8-9-19(17)24(36)32-11-13-33(14-12-32)25(37)20-7-6-10-34(20)26(38)39-27(2,3)4/h8-9,15-16,20H,6-7,10-14H2,1-5H3,(H,30,35)/t20-/m0/s1. The summed E-state index contributed by atoms with van der Waals surface area (Å²) >= 11 is 3.33. The van der Waals surface area contributed by atoms with Crippen LogP contribution in [0.1, 0.15) is 60.2 Å². The number of nitrogens with one attached hydrogen (secondary N) is 1. The van der Waals surface area contributed by atoms with E-state index in [-0.39, 0.29) is 23.5 Å². The van der Waals surface area contributed by atoms with Gasteiger partial charge in [0.05, 0.1) is 6.20 Å². The van der Waals surface area contributed by atoms with Crippen LogP contribution in [-0.4, -0.2) is 92.4 Å². The van der Waals surface area contributed by atoms with Crippen LogP contribution in [0, 0.1) is 6.92 Å². The molecule has 11 nitrogen and oxygen atoms in total. The number of ether oxygens (including phenoxy) is 1. The van der Waals surface area contributed by atoms with E-state index in [1.807, 2.05) is 6.92 Å². The van der Waals surface area contributed by atoms with Crippen molar-refractivity contribution in [2.75, 3.05) is 38.0 Å². The number of likely N-dealkylation sites (tertiary alicyclic amines) is 1. The molecule has 0 saturated carbocycles. The van der Waals surface area contributed by atoms with E-state index in [0.717, 1.165) is 12.0 Å². The van der Waals surface area contributed by atoms with Gasteiger partial charge in [0.25, 0.3) is 11.8 Å². The van der Waals surface area contributed by atoms with Crippen LogP contribution < -0.4 is 5.32 Å². The first-order valence-electron chi connectivity index (χ1n) is 13.0. The van der Waals surface area contributed by atoms with Crippen LogP contribution >= 0.6 is 15.9 Å². The number of piperazine rings is 1. The van der Waals surface area contributed by atoms with Crippen molar-refractivity contribution >= 4 is 45.4 Å². The maximum absolute atomic E-state index is 13.3. The Kier molecular flexibility index (Phi) is 8.34. The summed E-state index contributed by atoms with van der Waals surface area (Å²) < 4.78 is 7.81. The van der Waals surface area contributed by atoms with E-state index in [1.54, 1.807) is 66.6 Å². The smallest absolute Gasteiger partial charge is 0.410 e. The highest BCUT2D eigenvalue weighted by Crippen LogP contribution is 2.24. The van der Waals surface area contributed by atoms with Gasteiger partial charge in [-0.1, -0.05) is 0 Å². The van der Waals surface area contributed by atoms with Gasteiger partial charge in [0.2, 0.25) is 5.91 Å². The third kappa shape index (κ3) is 6.43. The molecule has 4 amide bonds. The molecule has 2 aliphatic heterocycles. The van der Waals surface area contributed by atoms with Crippen LogP contribution in [0.3, 0.4) is 0 Å². The normalized spacial score (nSPS) is 17.8. The molecule has 0 radical (unpaired) electrons. The summed E-state index contributed by atoms with van der Waals surface area (Å²) in [5.74, 6) is -0.308. The Morgan fingerprint density at radius 3 is 2.31 bits per heavy atom. The van der Waals surface area contributed by atoms with Crippen molar-refractivity contribution in [1.82, 2.24) is 24.3 Å². The number of rotatable bonds is 4. The molecule has 210 valence electrons. The number of nitrogens with zero attached hydrogens (tertiary/aromatic N) is 5. The molecule has 39 heavy (non-hydrogen) atoms. The highest BCUT2D eigenvalue weighted by atomic mass is 79.9. The van der Waals surface area contributed by atoms with Crippen molar-refractivity contribution in [2.24, 2.45) is 7.05 Å². The molecule has 4 rings (SSSR count). The van der Waals surface area contributed by atoms with Gasteiger partial charge in [-0.15, -0.1) is 0 Å². The quantitative estimate of drug-likeness (QED) is 0.573. The van der Waals surface area contributed by atoms with Crippen LogP contribution in [0.5, 0.6) is 0 Å². The summed E-state index contributed by atoms with van der Waals surface area (Å²) in [5.41, 5.74) is 1.21. The topological polar surface area (TPSA) is 117 Å². The van der Waals surface area contributed by atoms with Gasteiger partial charge in [-0.2, -0.15) is 0 Å². The van der Waals surface area contributed by atoms with Gasteiger partial charge >= 0.3 is 6.09 Å². The third-order valence-electron chi connectivity index (χ3n) is 6.89. The van der Waals surface area contributed by atoms with Crippen molar-refractivity contribution in [3.8, 4) is 0 Å². The second kappa shape index (κ2) is 11.4. The fourth-order valence-corrected chi connectivity index (χ4v) is 5.11. The number of benzene rings is 1. The van der Waals surface area contributed by atoms with Crippen molar-refractivity contribution < 1.29 is 23.9 Å². The first-order valence-corrected chi connectivity index (χ1v) is 13.8. The fraction of sp³-hybridized carbons (Fsp3) is 0.519. The Hall–Kier alpha value is -3.41. The number of anilines is 1. The van der Waals surface area contributed by atoms with E-state index < -0.39 is 17.7 Å². The molecule has 2 saturated heterocycles. The zero-order chi connectivity index (χ0) is 28.5. The van der Waals surface area contributed by atoms with Crippen molar-refractivity contribution in [2.45, 2.75) is 52.2 Å². The number of imidazole rings is 1. The molecule has 2 aromatic rings. The second-order valence-corrected chi connectivity index (χ2v) is 11.7. The first-order chi connectivity index (χ1) is 18.4. The van der Waals surface area contributed by atoms with E-state index in [9.17, 15) is 19.2 Å². The lowest BCUT2D eigenvalue weighted by atomic mass is 10.1. The summed E-state index contributed by atoms with van der Waals surface area (Å²) in [6, 6.07) is 4.63. The largest absolute Gasteiger partial charge is 0.444 e. The van der Waals surface area contributed by atoms with Gasteiger partial charge in [-0.3, -0.25) is 19.3 Å². The molecule has 1 aromatic carbocycles. The van der Waals surface area contributed by atoms with Gasteiger partial charge in [0.15, 0.2) is 5.82 Å². The molecule has 0 unspecified atom stereocenters. The Morgan fingerprint density at radius 1 is 1.05 bits per heavy atom. The zero-order valence-corrected chi connectivity index (χ0v) is 24.6. The van der Waals surface area contributed by atoms with Crippen LogP contribution in [0.2, 0.25) is 0 Å². The minimum atomic E-state index is -0.627. The number of hydrogen-bond donors (Lipinski definition) is 1. The van der Waals surface area contributed by atoms with Crippen LogP contribution in [-0.2, 0) is 16.6 Å². The predicted octanol–water partition coefficient (Wildman–Crippen LogP) is 3.43. The van der Waals surface area contributed by atoms with E-state index in [0.29, 0.717) is 55.0 Å². The molecule has 2 aliphatic rings. The number of aromatic nitrogens is 2. The molecule has 3 heterocycles. The Morgan fingerprint density at radius 2 is 1.72 bits per heavy atom. The van der Waals surface area contributed by atoms with Gasteiger partial charge in [-0.25, -0.2) is 9.78 Å². The minimum absolute atomic E-state index is 0.0959. The highest BCUT2D eigenvalue weighted by Gasteiger charge is 2.39. The molecular weight excluding hydrogens is 568 g/mol. The van der Waals surface area contributed by atoms with E-state index in [2.05, 4.69) is 26.2 Å². The molecule has 0 spiro atoms. The second-order valence-electron chi connectivity index (χ2n) is 10.9. The lowest BCUT2D eigenvalue weighted by molar-refractivity contribution is -0.137. The van der Waals surface area contributed by atoms with Crippen LogP contribution in [0.25, 0.3) is 0 Å². The summed E-state index contributed by atoms with van der Waals surface area (Å²) in [6.45, 7) is 9.34. The number of halogens is 1. The average Bonchev–Trinajstić information content (AvgIpc) is 3.49. The van der Waals surface area contributed by atoms with Crippen molar-refractivity contribution in [3.05, 3.63) is 46.0 Å². The Labute approximate surface area is 236 Å². The van der Waals surface area contributed by atoms with E-state index >= 15 is 0 Å². The molecular formula is C27H35BrN6O5. The molecule has 1 aromatic heterocycles. The van der Waals surface area contributed by atoms with Gasteiger partial charge in [0, 0.05) is 51.0 Å². The van der Waals surface area contributed by atoms with Crippen molar-refractivity contribution in [3.63, 3.8) is 0 Å². The van der Waals surface area contributed by atoms with E-state index in [4.69, 9.17) is 4.74 Å². The molecule has 0 bridgehead atoms. The highest BCUT2D eigenvalue weighted by molar-refractivity contribution is 9.10. The zero-order valence-electron chi connectivity index (χ0n) is 23.0. The molecule has 1 N–H and O–H groups in total. The molecule has 1 atom stereocenters. The van der Waals surface area contributed by atoms with E-state index in [1.165, 1.54) is 4.90 Å². The number of carbonyl (C=O) groups is 4. The number of carbonyl (C=O) groups excluding carboxylic acids is 4. The SMILES string of the molecule is Cc1cc(NC(=O)c2ncc(Br)n2C)ccc1C(=O)N1CCN(C(=O)[C@@H]2CCCN2C(=O)OC(C)(C)C)CC1. The molecule has 12 heteroatoms. The van der Waals surface area contributed by atoms with Crippen LogP contribution in [0.4, 0.5) is 10.5 Å². The fourth-order valence-electron chi connectivity index (χ4n) is 4.84. The lowest BCUT2D eigenvalue weighted by Gasteiger charge is -2.37. The maximum atomic E-state index is 13.3. The van der Waals surface area contributed by atoms with Gasteiger partial charge in [-0.05, 0) is 80.2 Å². The summed E-state index contributed by atoms with van der Waals surface area (Å²) in [5, 5.41) is 2.82. The Bertz CT molecular complexity index is 1280. The minimum Gasteiger partial charge on any atom is -0.444 e. The number of amides is 4. The summed E-state index contributed by atoms with van der Waals surface area (Å²) in [7, 11) is 1.73. The monoisotopic (exact) mass is 602 g/mol. The first kappa shape index (κ1) is 28.6. The van der Waals surface area contributed by atoms with Gasteiger partial charge in [0.1, 0.15) is 16.2 Å². The molecule has 2 fully saturated rings. The molecule has 0 aliphatic carbocycles.